The summed E-state index contributed by atoms with van der Waals surface area (Å²) in [6.07, 6.45) is 11.5. The van der Waals surface area contributed by atoms with Gasteiger partial charge in [0.1, 0.15) is 6.10 Å². The lowest BCUT2D eigenvalue weighted by atomic mass is 10.1. The number of nitrogens with zero attached hydrogens (tertiary/aromatic N) is 1. The summed E-state index contributed by atoms with van der Waals surface area (Å²) in [6.45, 7) is 7.57. The highest BCUT2D eigenvalue weighted by molar-refractivity contribution is 5.81. The normalized spacial score (nSPS) is 11.3. The smallest absolute Gasteiger partial charge is 0.330 e. The number of nitriles is 1. The number of allylic oxidation sites excluding steroid dienone is 3. The van der Waals surface area contributed by atoms with Crippen molar-refractivity contribution in [2.45, 2.75) is 52.1 Å². The van der Waals surface area contributed by atoms with E-state index in [0.717, 1.165) is 25.3 Å². The van der Waals surface area contributed by atoms with Crippen molar-refractivity contribution < 1.29 is 19.4 Å². The Labute approximate surface area is 132 Å². The van der Waals surface area contributed by atoms with Gasteiger partial charge in [-0.2, -0.15) is 5.26 Å². The van der Waals surface area contributed by atoms with Crippen molar-refractivity contribution in [3.63, 3.8) is 0 Å². The highest BCUT2D eigenvalue weighted by atomic mass is 16.5. The van der Waals surface area contributed by atoms with E-state index in [9.17, 15) is 9.59 Å². The minimum atomic E-state index is -1.02. The molecule has 0 radical (unpaired) electrons. The van der Waals surface area contributed by atoms with E-state index >= 15 is 0 Å². The summed E-state index contributed by atoms with van der Waals surface area (Å²) in [6, 6.07) is 1.72. The predicted molar refractivity (Wildman–Crippen MR) is 86.0 cm³/mol. The van der Waals surface area contributed by atoms with E-state index in [1.54, 1.807) is 6.07 Å². The van der Waals surface area contributed by atoms with E-state index in [2.05, 4.69) is 13.5 Å². The molecule has 0 aliphatic carbocycles. The second-order valence-electron chi connectivity index (χ2n) is 4.35. The lowest BCUT2D eigenvalue weighted by Gasteiger charge is -2.14. The van der Waals surface area contributed by atoms with Gasteiger partial charge >= 0.3 is 11.9 Å². The molecule has 0 saturated heterocycles. The Morgan fingerprint density at radius 3 is 2.45 bits per heavy atom. The lowest BCUT2D eigenvalue weighted by molar-refractivity contribution is -0.143. The Morgan fingerprint density at radius 2 is 2.00 bits per heavy atom. The molecule has 1 N–H and O–H groups in total. The summed E-state index contributed by atoms with van der Waals surface area (Å²) in [5, 5.41) is 15.9. The Bertz CT molecular complexity index is 419. The summed E-state index contributed by atoms with van der Waals surface area (Å²) in [4.78, 5) is 20.6. The number of carbonyl (C=O) groups is 2. The number of ether oxygens (including phenoxy) is 1. The van der Waals surface area contributed by atoms with E-state index in [1.807, 2.05) is 6.92 Å². The molecular weight excluding hydrogens is 282 g/mol. The van der Waals surface area contributed by atoms with Crippen LogP contribution in [-0.4, -0.2) is 23.1 Å². The molecule has 0 fully saturated rings. The maximum atomic E-state index is 10.9. The topological polar surface area (TPSA) is 87.4 Å². The maximum absolute atomic E-state index is 10.9. The highest BCUT2D eigenvalue weighted by Gasteiger charge is 2.08. The molecule has 0 heterocycles. The van der Waals surface area contributed by atoms with E-state index in [1.165, 1.54) is 37.1 Å². The molecular formula is C17H25NO4. The van der Waals surface area contributed by atoms with Crippen molar-refractivity contribution in [1.29, 1.82) is 5.26 Å². The van der Waals surface area contributed by atoms with Crippen molar-refractivity contribution in [2.24, 2.45) is 0 Å². The number of hydrogen-bond donors (Lipinski definition) is 1. The summed E-state index contributed by atoms with van der Waals surface area (Å²) in [7, 11) is 0. The van der Waals surface area contributed by atoms with Crippen LogP contribution in [0.1, 0.15) is 46.0 Å². The molecule has 0 aromatic rings. The van der Waals surface area contributed by atoms with Crippen molar-refractivity contribution in [2.75, 3.05) is 0 Å². The van der Waals surface area contributed by atoms with Gasteiger partial charge < -0.3 is 9.84 Å². The van der Waals surface area contributed by atoms with Crippen LogP contribution in [-0.2, 0) is 14.3 Å². The van der Waals surface area contributed by atoms with Crippen LogP contribution in [0.3, 0.4) is 0 Å². The minimum Gasteiger partial charge on any atom is -0.478 e. The number of esters is 1. The molecule has 1 unspecified atom stereocenters. The van der Waals surface area contributed by atoms with Crippen LogP contribution in [0.4, 0.5) is 0 Å². The Hall–Kier alpha value is -2.35. The number of rotatable bonds is 9. The third-order valence-electron chi connectivity index (χ3n) is 2.56. The molecule has 0 aliphatic rings. The molecule has 0 bridgehead atoms. The number of unbranched alkanes of at least 4 members (excludes halogenated alkanes) is 2. The summed E-state index contributed by atoms with van der Waals surface area (Å²) in [5.74, 6) is -1.32. The lowest BCUT2D eigenvalue weighted by Crippen LogP contribution is -2.15. The van der Waals surface area contributed by atoms with Crippen LogP contribution in [0.2, 0.25) is 0 Å². The van der Waals surface area contributed by atoms with Crippen LogP contribution in [0, 0.1) is 11.3 Å². The van der Waals surface area contributed by atoms with E-state index in [4.69, 9.17) is 15.1 Å². The van der Waals surface area contributed by atoms with Crippen molar-refractivity contribution in [3.8, 4) is 6.07 Å². The predicted octanol–water partition coefficient (Wildman–Crippen LogP) is 3.78. The molecule has 5 nitrogen and oxygen atoms in total. The first-order valence-corrected chi connectivity index (χ1v) is 7.30. The van der Waals surface area contributed by atoms with Crippen LogP contribution < -0.4 is 0 Å². The first kappa shape index (κ1) is 21.9. The molecule has 0 amide bonds. The molecule has 0 aliphatic heterocycles. The fourth-order valence-corrected chi connectivity index (χ4v) is 1.42. The Balaban J connectivity index is 0. The van der Waals surface area contributed by atoms with Gasteiger partial charge in [-0.25, -0.2) is 9.59 Å². The van der Waals surface area contributed by atoms with Gasteiger partial charge in [0, 0.05) is 18.2 Å². The Kier molecular flexibility index (Phi) is 16.7. The van der Waals surface area contributed by atoms with Gasteiger partial charge in [-0.3, -0.25) is 0 Å². The number of carbonyl (C=O) groups excluding carboxylic acids is 1. The first-order valence-electron chi connectivity index (χ1n) is 7.30. The molecule has 122 valence electrons. The molecule has 5 heteroatoms. The molecule has 0 aromatic carbocycles. The first-order chi connectivity index (χ1) is 10.5. The van der Waals surface area contributed by atoms with Gasteiger partial charge in [-0.15, -0.1) is 0 Å². The summed E-state index contributed by atoms with van der Waals surface area (Å²) >= 11 is 0. The van der Waals surface area contributed by atoms with E-state index in [-0.39, 0.29) is 12.1 Å². The average Bonchev–Trinajstić information content (AvgIpc) is 2.51. The molecule has 1 atom stereocenters. The Morgan fingerprint density at radius 1 is 1.32 bits per heavy atom. The van der Waals surface area contributed by atoms with Gasteiger partial charge in [0.25, 0.3) is 0 Å². The van der Waals surface area contributed by atoms with Crippen LogP contribution >= 0.6 is 0 Å². The largest absolute Gasteiger partial charge is 0.478 e. The quantitative estimate of drug-likeness (QED) is 0.230. The molecule has 0 aromatic heterocycles. The SMILES string of the molecule is C=CC(=O)OC(CC)CCCCC.N#CC=CC=CC(=O)O. The van der Waals surface area contributed by atoms with Gasteiger partial charge in [0.15, 0.2) is 0 Å². The maximum Gasteiger partial charge on any atom is 0.330 e. The summed E-state index contributed by atoms with van der Waals surface area (Å²) < 4.78 is 5.14. The van der Waals surface area contributed by atoms with Gasteiger partial charge in [-0.05, 0) is 19.3 Å². The van der Waals surface area contributed by atoms with Crippen molar-refractivity contribution in [3.05, 3.63) is 37.0 Å². The standard InChI is InChI=1S/C11H20O2.C6H5NO2/c1-4-7-8-9-10(5-2)13-11(12)6-3;7-5-3-1-2-4-6(8)9/h6,10H,3-5,7-9H2,1-2H3;1-4H,(H,8,9). The molecule has 0 rings (SSSR count). The van der Waals surface area contributed by atoms with Crippen LogP contribution in [0.5, 0.6) is 0 Å². The minimum absolute atomic E-state index is 0.0806. The highest BCUT2D eigenvalue weighted by Crippen LogP contribution is 2.10. The number of hydrogen-bond acceptors (Lipinski definition) is 4. The van der Waals surface area contributed by atoms with Crippen LogP contribution in [0.25, 0.3) is 0 Å². The second kappa shape index (κ2) is 16.7. The monoisotopic (exact) mass is 307 g/mol. The summed E-state index contributed by atoms with van der Waals surface area (Å²) in [5.41, 5.74) is 0. The third-order valence-corrected chi connectivity index (χ3v) is 2.56. The second-order valence-corrected chi connectivity index (χ2v) is 4.35. The molecule has 0 saturated carbocycles. The van der Waals surface area contributed by atoms with Gasteiger partial charge in [0.2, 0.25) is 0 Å². The zero-order chi connectivity index (χ0) is 17.2. The van der Waals surface area contributed by atoms with Gasteiger partial charge in [-0.1, -0.05) is 45.4 Å². The van der Waals surface area contributed by atoms with E-state index < -0.39 is 5.97 Å². The number of aliphatic carboxylic acids is 1. The van der Waals surface area contributed by atoms with Crippen molar-refractivity contribution in [1.82, 2.24) is 0 Å². The fraction of sp³-hybridized carbons (Fsp3) is 0.471. The van der Waals surface area contributed by atoms with Crippen molar-refractivity contribution >= 4 is 11.9 Å². The van der Waals surface area contributed by atoms with Crippen LogP contribution in [0.15, 0.2) is 37.0 Å². The number of carboxylic acid groups (broad SMARTS) is 1. The zero-order valence-electron chi connectivity index (χ0n) is 13.3. The third kappa shape index (κ3) is 17.6. The fourth-order valence-electron chi connectivity index (χ4n) is 1.42. The van der Waals surface area contributed by atoms with E-state index in [0.29, 0.717) is 0 Å². The zero-order valence-corrected chi connectivity index (χ0v) is 13.3. The molecule has 22 heavy (non-hydrogen) atoms. The number of carboxylic acids is 1. The average molecular weight is 307 g/mol. The molecule has 0 spiro atoms. The van der Waals surface area contributed by atoms with Gasteiger partial charge in [0.05, 0.1) is 6.07 Å².